The standard InChI is InChI=1S/C15H10Cl2F2N2O2S/c16-8-5-6-9(10(17)7-8)13(22)21-15(24)20-11-3-1-2-4-12(11)23-14(18)19/h1-7,14H,(H2,20,21,22,24). The van der Waals surface area contributed by atoms with Gasteiger partial charge in [-0.2, -0.15) is 8.78 Å². The number of carbonyl (C=O) groups is 1. The number of hydrogen-bond donors (Lipinski definition) is 2. The lowest BCUT2D eigenvalue weighted by atomic mass is 10.2. The van der Waals surface area contributed by atoms with E-state index in [0.29, 0.717) is 5.02 Å². The van der Waals surface area contributed by atoms with Gasteiger partial charge in [0, 0.05) is 5.02 Å². The quantitative estimate of drug-likeness (QED) is 0.741. The van der Waals surface area contributed by atoms with Crippen molar-refractivity contribution in [2.45, 2.75) is 6.61 Å². The molecule has 2 N–H and O–H groups in total. The lowest BCUT2D eigenvalue weighted by Crippen LogP contribution is -2.34. The summed E-state index contributed by atoms with van der Waals surface area (Å²) in [5.41, 5.74) is 0.354. The van der Waals surface area contributed by atoms with Gasteiger partial charge in [0.15, 0.2) is 5.11 Å². The summed E-state index contributed by atoms with van der Waals surface area (Å²) in [6.45, 7) is -2.98. The zero-order valence-electron chi connectivity index (χ0n) is 11.9. The third-order valence-corrected chi connectivity index (χ3v) is 3.51. The van der Waals surface area contributed by atoms with Crippen molar-refractivity contribution in [2.75, 3.05) is 5.32 Å². The molecule has 0 bridgehead atoms. The van der Waals surface area contributed by atoms with E-state index in [1.165, 1.54) is 36.4 Å². The van der Waals surface area contributed by atoms with Gasteiger partial charge in [0.2, 0.25) is 0 Å². The lowest BCUT2D eigenvalue weighted by molar-refractivity contribution is -0.0493. The molecule has 4 nitrogen and oxygen atoms in total. The van der Waals surface area contributed by atoms with Crippen molar-refractivity contribution in [3.63, 3.8) is 0 Å². The normalized spacial score (nSPS) is 10.4. The van der Waals surface area contributed by atoms with Gasteiger partial charge in [-0.25, -0.2) is 0 Å². The Bertz CT molecular complexity index is 775. The summed E-state index contributed by atoms with van der Waals surface area (Å²) in [5, 5.41) is 5.46. The van der Waals surface area contributed by atoms with E-state index in [2.05, 4.69) is 15.4 Å². The Morgan fingerprint density at radius 1 is 1.17 bits per heavy atom. The van der Waals surface area contributed by atoms with Crippen LogP contribution in [0.25, 0.3) is 0 Å². The molecule has 0 fully saturated rings. The van der Waals surface area contributed by atoms with Crippen LogP contribution < -0.4 is 15.4 Å². The number of rotatable bonds is 4. The van der Waals surface area contributed by atoms with Crippen LogP contribution in [-0.4, -0.2) is 17.6 Å². The number of thiocarbonyl (C=S) groups is 1. The van der Waals surface area contributed by atoms with Crippen LogP contribution in [0.15, 0.2) is 42.5 Å². The van der Waals surface area contributed by atoms with E-state index < -0.39 is 12.5 Å². The molecule has 0 spiro atoms. The smallest absolute Gasteiger partial charge is 0.387 e. The number of hydrogen-bond acceptors (Lipinski definition) is 3. The predicted octanol–water partition coefficient (Wildman–Crippen LogP) is 4.72. The van der Waals surface area contributed by atoms with E-state index in [4.69, 9.17) is 35.4 Å². The molecule has 24 heavy (non-hydrogen) atoms. The molecule has 126 valence electrons. The lowest BCUT2D eigenvalue weighted by Gasteiger charge is -2.14. The Balaban J connectivity index is 2.07. The van der Waals surface area contributed by atoms with Crippen LogP contribution in [0, 0.1) is 0 Å². The first-order chi connectivity index (χ1) is 11.4. The van der Waals surface area contributed by atoms with Crippen LogP contribution in [0.2, 0.25) is 10.0 Å². The molecule has 0 atom stereocenters. The van der Waals surface area contributed by atoms with Crippen LogP contribution in [0.3, 0.4) is 0 Å². The van der Waals surface area contributed by atoms with Crippen molar-refractivity contribution >= 4 is 52.1 Å². The van der Waals surface area contributed by atoms with E-state index >= 15 is 0 Å². The van der Waals surface area contributed by atoms with E-state index in [1.54, 1.807) is 6.07 Å². The van der Waals surface area contributed by atoms with Crippen molar-refractivity contribution < 1.29 is 18.3 Å². The van der Waals surface area contributed by atoms with Gasteiger partial charge in [-0.1, -0.05) is 35.3 Å². The van der Waals surface area contributed by atoms with Gasteiger partial charge in [0.25, 0.3) is 5.91 Å². The second-order valence-electron chi connectivity index (χ2n) is 4.41. The molecule has 2 rings (SSSR count). The van der Waals surface area contributed by atoms with Crippen LogP contribution in [0.5, 0.6) is 5.75 Å². The van der Waals surface area contributed by atoms with Crippen molar-refractivity contribution in [3.05, 3.63) is 58.1 Å². The SMILES string of the molecule is O=C(NC(=S)Nc1ccccc1OC(F)F)c1ccc(Cl)cc1Cl. The van der Waals surface area contributed by atoms with Crippen LogP contribution >= 0.6 is 35.4 Å². The van der Waals surface area contributed by atoms with Gasteiger partial charge in [0.1, 0.15) is 5.75 Å². The fourth-order valence-electron chi connectivity index (χ4n) is 1.77. The maximum absolute atomic E-state index is 12.4. The number of alkyl halides is 2. The van der Waals surface area contributed by atoms with Crippen molar-refractivity contribution in [1.82, 2.24) is 5.32 Å². The van der Waals surface area contributed by atoms with Gasteiger partial charge in [0.05, 0.1) is 16.3 Å². The highest BCUT2D eigenvalue weighted by Gasteiger charge is 2.14. The van der Waals surface area contributed by atoms with Gasteiger partial charge in [-0.05, 0) is 42.5 Å². The topological polar surface area (TPSA) is 50.4 Å². The van der Waals surface area contributed by atoms with Crippen molar-refractivity contribution in [3.8, 4) is 5.75 Å². The van der Waals surface area contributed by atoms with Crippen molar-refractivity contribution in [2.24, 2.45) is 0 Å². The summed E-state index contributed by atoms with van der Waals surface area (Å²) >= 11 is 16.7. The molecule has 2 aromatic carbocycles. The Morgan fingerprint density at radius 3 is 2.54 bits per heavy atom. The highest BCUT2D eigenvalue weighted by molar-refractivity contribution is 7.80. The minimum absolute atomic E-state index is 0.101. The molecular formula is C15H10Cl2F2N2O2S. The second kappa shape index (κ2) is 8.23. The monoisotopic (exact) mass is 390 g/mol. The number of amides is 1. The number of para-hydroxylation sites is 2. The fraction of sp³-hybridized carbons (Fsp3) is 0.0667. The minimum atomic E-state index is -2.98. The molecule has 0 radical (unpaired) electrons. The number of anilines is 1. The Labute approximate surface area is 151 Å². The number of halogens is 4. The first-order valence-corrected chi connectivity index (χ1v) is 7.64. The summed E-state index contributed by atoms with van der Waals surface area (Å²) < 4.78 is 29.1. The van der Waals surface area contributed by atoms with Gasteiger partial charge in [-0.15, -0.1) is 0 Å². The zero-order valence-corrected chi connectivity index (χ0v) is 14.2. The molecule has 0 aliphatic carbocycles. The molecule has 9 heteroatoms. The first kappa shape index (κ1) is 18.4. The molecular weight excluding hydrogens is 381 g/mol. The average molecular weight is 391 g/mol. The Hall–Kier alpha value is -1.96. The first-order valence-electron chi connectivity index (χ1n) is 6.48. The predicted molar refractivity (Wildman–Crippen MR) is 93.2 cm³/mol. The van der Waals surface area contributed by atoms with E-state index in [9.17, 15) is 13.6 Å². The van der Waals surface area contributed by atoms with Crippen LogP contribution in [-0.2, 0) is 0 Å². The Kier molecular flexibility index (Phi) is 6.30. The largest absolute Gasteiger partial charge is 0.433 e. The van der Waals surface area contributed by atoms with E-state index in [0.717, 1.165) is 0 Å². The van der Waals surface area contributed by atoms with Gasteiger partial charge in [-0.3, -0.25) is 10.1 Å². The number of benzene rings is 2. The molecule has 0 unspecified atom stereocenters. The summed E-state index contributed by atoms with van der Waals surface area (Å²) in [7, 11) is 0. The number of nitrogens with one attached hydrogen (secondary N) is 2. The zero-order chi connectivity index (χ0) is 17.7. The second-order valence-corrected chi connectivity index (χ2v) is 5.66. The number of ether oxygens (including phenoxy) is 1. The van der Waals surface area contributed by atoms with Crippen molar-refractivity contribution in [1.29, 1.82) is 0 Å². The molecule has 0 heterocycles. The van der Waals surface area contributed by atoms with Crippen LogP contribution in [0.4, 0.5) is 14.5 Å². The highest BCUT2D eigenvalue weighted by atomic mass is 35.5. The Morgan fingerprint density at radius 2 is 1.88 bits per heavy atom. The third-order valence-electron chi connectivity index (χ3n) is 2.75. The molecule has 0 aromatic heterocycles. The van der Waals surface area contributed by atoms with Crippen LogP contribution in [0.1, 0.15) is 10.4 Å². The van der Waals surface area contributed by atoms with E-state index in [-0.39, 0.29) is 27.1 Å². The maximum Gasteiger partial charge on any atom is 0.387 e. The molecule has 0 saturated carbocycles. The summed E-state index contributed by atoms with van der Waals surface area (Å²) in [4.78, 5) is 12.1. The molecule has 0 aliphatic heterocycles. The fourth-order valence-corrected chi connectivity index (χ4v) is 2.46. The molecule has 0 saturated heterocycles. The minimum Gasteiger partial charge on any atom is -0.433 e. The van der Waals surface area contributed by atoms with E-state index in [1.807, 2.05) is 0 Å². The average Bonchev–Trinajstić information content (AvgIpc) is 2.48. The maximum atomic E-state index is 12.4. The summed E-state index contributed by atoms with van der Waals surface area (Å²) in [6, 6.07) is 10.3. The summed E-state index contributed by atoms with van der Waals surface area (Å²) in [6.07, 6.45) is 0. The summed E-state index contributed by atoms with van der Waals surface area (Å²) in [5.74, 6) is -0.671. The molecule has 2 aromatic rings. The van der Waals surface area contributed by atoms with Gasteiger partial charge >= 0.3 is 6.61 Å². The number of carbonyl (C=O) groups excluding carboxylic acids is 1. The van der Waals surface area contributed by atoms with Gasteiger partial charge < -0.3 is 10.1 Å². The molecule has 0 aliphatic rings. The molecule has 1 amide bonds. The highest BCUT2D eigenvalue weighted by Crippen LogP contribution is 2.25. The third kappa shape index (κ3) is 5.02.